The van der Waals surface area contributed by atoms with E-state index in [1.54, 1.807) is 37.6 Å². The molecule has 3 heterocycles. The zero-order chi connectivity index (χ0) is 19.9. The summed E-state index contributed by atoms with van der Waals surface area (Å²) in [5, 5.41) is 0.474. The highest BCUT2D eigenvalue weighted by molar-refractivity contribution is 6.30. The van der Waals surface area contributed by atoms with Crippen molar-refractivity contribution in [1.82, 2.24) is 4.98 Å². The van der Waals surface area contributed by atoms with E-state index in [0.717, 1.165) is 18.4 Å². The largest absolute Gasteiger partial charge is 0.504 e. The summed E-state index contributed by atoms with van der Waals surface area (Å²) in [4.78, 5) is 6.17. The van der Waals surface area contributed by atoms with E-state index in [4.69, 9.17) is 16.3 Å². The van der Waals surface area contributed by atoms with Gasteiger partial charge in [0.15, 0.2) is 0 Å². The third-order valence-electron chi connectivity index (χ3n) is 5.47. The van der Waals surface area contributed by atoms with Gasteiger partial charge >= 0.3 is 6.18 Å². The Balaban J connectivity index is 1.75. The van der Waals surface area contributed by atoms with Crippen LogP contribution < -0.4 is 4.90 Å². The van der Waals surface area contributed by atoms with Gasteiger partial charge in [0.1, 0.15) is 5.82 Å². The fourth-order valence-corrected chi connectivity index (χ4v) is 4.55. The maximum absolute atomic E-state index is 13.9. The van der Waals surface area contributed by atoms with Crippen molar-refractivity contribution in [2.75, 3.05) is 12.0 Å². The number of fused-ring (bicyclic) bond motifs is 2. The first kappa shape index (κ1) is 19.1. The van der Waals surface area contributed by atoms with Crippen molar-refractivity contribution in [1.29, 1.82) is 0 Å². The van der Waals surface area contributed by atoms with Crippen LogP contribution in [-0.4, -0.2) is 24.2 Å². The number of methoxy groups -OCH3 is 1. The first-order valence-corrected chi connectivity index (χ1v) is 9.57. The van der Waals surface area contributed by atoms with Gasteiger partial charge in [0.2, 0.25) is 0 Å². The maximum Gasteiger partial charge on any atom is 0.419 e. The fraction of sp³-hybridized carbons (Fsp3) is 0.381. The van der Waals surface area contributed by atoms with Gasteiger partial charge in [0.25, 0.3) is 0 Å². The molecule has 2 bridgehead atoms. The Hall–Kier alpha value is -2.21. The number of halogens is 4. The van der Waals surface area contributed by atoms with Crippen LogP contribution in [0.25, 0.3) is 11.1 Å². The van der Waals surface area contributed by atoms with E-state index in [1.165, 1.54) is 12.3 Å². The lowest BCUT2D eigenvalue weighted by molar-refractivity contribution is -0.137. The van der Waals surface area contributed by atoms with E-state index in [1.807, 2.05) is 4.90 Å². The standard InChI is InChI=1S/C21H20ClF3N2O/c1-28-12-13-7-17-5-6-18(8-13)27(17)20-19(21(23,24)25)10-15(11-26-20)14-3-2-4-16(22)9-14/h2-4,9-12,17-18H,5-8H2,1H3. The number of anilines is 1. The van der Waals surface area contributed by atoms with Crippen LogP contribution in [-0.2, 0) is 10.9 Å². The molecule has 3 nitrogen and oxygen atoms in total. The van der Waals surface area contributed by atoms with Gasteiger partial charge in [-0.2, -0.15) is 13.2 Å². The minimum Gasteiger partial charge on any atom is -0.504 e. The van der Waals surface area contributed by atoms with Crippen molar-refractivity contribution in [3.63, 3.8) is 0 Å². The summed E-state index contributed by atoms with van der Waals surface area (Å²) < 4.78 is 46.9. The van der Waals surface area contributed by atoms with Crippen LogP contribution in [0, 0.1) is 0 Å². The summed E-state index contributed by atoms with van der Waals surface area (Å²) >= 11 is 6.00. The number of benzene rings is 1. The Kier molecular flexibility index (Phi) is 5.00. The molecule has 2 aliphatic heterocycles. The number of aromatic nitrogens is 1. The molecule has 0 amide bonds. The molecular weight excluding hydrogens is 389 g/mol. The van der Waals surface area contributed by atoms with Gasteiger partial charge in [-0.05, 0) is 55.0 Å². The molecule has 0 aliphatic carbocycles. The molecule has 0 N–H and O–H groups in total. The average Bonchev–Trinajstić information content (AvgIpc) is 2.91. The molecule has 2 fully saturated rings. The normalized spacial score (nSPS) is 21.8. The molecular formula is C21H20ClF3N2O. The number of alkyl halides is 3. The van der Waals surface area contributed by atoms with Crippen molar-refractivity contribution in [3.8, 4) is 11.1 Å². The number of hydrogen-bond donors (Lipinski definition) is 0. The Bertz CT molecular complexity index is 897. The quantitative estimate of drug-likeness (QED) is 0.575. The maximum atomic E-state index is 13.9. The zero-order valence-corrected chi connectivity index (χ0v) is 16.1. The second-order valence-corrected chi connectivity index (χ2v) is 7.75. The van der Waals surface area contributed by atoms with Gasteiger partial charge in [-0.3, -0.25) is 0 Å². The van der Waals surface area contributed by atoms with E-state index < -0.39 is 11.7 Å². The van der Waals surface area contributed by atoms with Crippen LogP contribution in [0.4, 0.5) is 19.0 Å². The van der Waals surface area contributed by atoms with Crippen LogP contribution >= 0.6 is 11.6 Å². The Labute approximate surface area is 166 Å². The number of ether oxygens (including phenoxy) is 1. The molecule has 2 saturated heterocycles. The van der Waals surface area contributed by atoms with Gasteiger partial charge in [0, 0.05) is 28.9 Å². The summed E-state index contributed by atoms with van der Waals surface area (Å²) in [7, 11) is 1.60. The number of nitrogens with zero attached hydrogens (tertiary/aromatic N) is 2. The van der Waals surface area contributed by atoms with E-state index in [9.17, 15) is 13.2 Å². The molecule has 0 saturated carbocycles. The van der Waals surface area contributed by atoms with Crippen molar-refractivity contribution < 1.29 is 17.9 Å². The third-order valence-corrected chi connectivity index (χ3v) is 5.71. The van der Waals surface area contributed by atoms with Crippen LogP contribution in [0.2, 0.25) is 5.02 Å². The number of hydrogen-bond acceptors (Lipinski definition) is 3. The van der Waals surface area contributed by atoms with Crippen molar-refractivity contribution >= 4 is 17.4 Å². The molecule has 148 valence electrons. The van der Waals surface area contributed by atoms with E-state index >= 15 is 0 Å². The van der Waals surface area contributed by atoms with E-state index in [-0.39, 0.29) is 17.9 Å². The van der Waals surface area contributed by atoms with Crippen molar-refractivity contribution in [2.45, 2.75) is 43.9 Å². The molecule has 2 unspecified atom stereocenters. The summed E-state index contributed by atoms with van der Waals surface area (Å²) in [5.74, 6) is 0.0299. The first-order valence-electron chi connectivity index (χ1n) is 9.19. The molecule has 4 rings (SSSR count). The van der Waals surface area contributed by atoms with E-state index in [0.29, 0.717) is 29.0 Å². The highest BCUT2D eigenvalue weighted by Gasteiger charge is 2.44. The highest BCUT2D eigenvalue weighted by Crippen LogP contribution is 2.45. The van der Waals surface area contributed by atoms with Gasteiger partial charge in [-0.1, -0.05) is 23.7 Å². The molecule has 1 aromatic carbocycles. The lowest BCUT2D eigenvalue weighted by atomic mass is 9.96. The SMILES string of the molecule is COC=C1CC2CCC(C1)N2c1ncc(-c2cccc(Cl)c2)cc1C(F)(F)F. The lowest BCUT2D eigenvalue weighted by Crippen LogP contribution is -2.42. The Morgan fingerprint density at radius 2 is 1.86 bits per heavy atom. The summed E-state index contributed by atoms with van der Waals surface area (Å²) in [6, 6.07) is 8.01. The minimum atomic E-state index is -4.49. The van der Waals surface area contributed by atoms with Crippen molar-refractivity contribution in [2.24, 2.45) is 0 Å². The molecule has 2 aliphatic rings. The van der Waals surface area contributed by atoms with Gasteiger partial charge in [-0.25, -0.2) is 4.98 Å². The van der Waals surface area contributed by atoms with Crippen molar-refractivity contribution in [3.05, 3.63) is 58.9 Å². The number of rotatable bonds is 3. The summed E-state index contributed by atoms with van der Waals surface area (Å²) in [5.41, 5.74) is 1.48. The number of piperidine rings is 1. The van der Waals surface area contributed by atoms with Gasteiger partial charge in [0.05, 0.1) is 18.9 Å². The second-order valence-electron chi connectivity index (χ2n) is 7.32. The first-order chi connectivity index (χ1) is 13.4. The molecule has 7 heteroatoms. The Morgan fingerprint density at radius 3 is 2.46 bits per heavy atom. The van der Waals surface area contributed by atoms with E-state index in [2.05, 4.69) is 4.98 Å². The van der Waals surface area contributed by atoms with Gasteiger partial charge in [-0.15, -0.1) is 0 Å². The molecule has 2 atom stereocenters. The molecule has 2 aromatic rings. The van der Waals surface area contributed by atoms with Gasteiger partial charge < -0.3 is 9.64 Å². The smallest absolute Gasteiger partial charge is 0.419 e. The number of pyridine rings is 1. The predicted octanol–water partition coefficient (Wildman–Crippen LogP) is 6.08. The van der Waals surface area contributed by atoms with Crippen LogP contribution in [0.5, 0.6) is 0 Å². The second kappa shape index (κ2) is 7.32. The summed E-state index contributed by atoms with van der Waals surface area (Å²) in [6.45, 7) is 0. The minimum absolute atomic E-state index is 0.0192. The zero-order valence-electron chi connectivity index (χ0n) is 15.3. The topological polar surface area (TPSA) is 25.4 Å². The summed E-state index contributed by atoms with van der Waals surface area (Å²) in [6.07, 6.45) is 1.89. The Morgan fingerprint density at radius 1 is 1.14 bits per heavy atom. The lowest BCUT2D eigenvalue weighted by Gasteiger charge is -2.38. The average molecular weight is 409 g/mol. The molecule has 28 heavy (non-hydrogen) atoms. The predicted molar refractivity (Wildman–Crippen MR) is 103 cm³/mol. The van der Waals surface area contributed by atoms with Crippen LogP contribution in [0.3, 0.4) is 0 Å². The van der Waals surface area contributed by atoms with Crippen LogP contribution in [0.15, 0.2) is 48.4 Å². The molecule has 0 radical (unpaired) electrons. The fourth-order valence-electron chi connectivity index (χ4n) is 4.36. The third kappa shape index (κ3) is 3.58. The monoisotopic (exact) mass is 408 g/mol. The molecule has 1 aromatic heterocycles. The highest BCUT2D eigenvalue weighted by atomic mass is 35.5. The van der Waals surface area contributed by atoms with Crippen LogP contribution in [0.1, 0.15) is 31.2 Å². The molecule has 0 spiro atoms.